The monoisotopic (exact) mass is 495 g/mol. The van der Waals surface area contributed by atoms with Crippen molar-refractivity contribution in [1.82, 2.24) is 14.5 Å². The third kappa shape index (κ3) is 6.04. The number of imidazole rings is 1. The lowest BCUT2D eigenvalue weighted by atomic mass is 9.93. The quantitative estimate of drug-likeness (QED) is 0.249. The van der Waals surface area contributed by atoms with Crippen LogP contribution < -0.4 is 4.74 Å². The fraction of sp³-hybridized carbons (Fsp3) is 0.375. The molecule has 0 atom stereocenters. The van der Waals surface area contributed by atoms with Gasteiger partial charge in [-0.05, 0) is 54.2 Å². The predicted octanol–water partition coefficient (Wildman–Crippen LogP) is 7.10. The first-order chi connectivity index (χ1) is 18.1. The Balaban J connectivity index is 1.39. The number of aromatic nitrogens is 2. The largest absolute Gasteiger partial charge is 0.486 e. The van der Waals surface area contributed by atoms with E-state index in [0.29, 0.717) is 19.1 Å². The SMILES string of the molecule is CC(C)c1ccc(OCc2nc3ccccc3n2CC(=O)N(Cc2ccccc2)C2CCCCC2)cc1. The fourth-order valence-electron chi connectivity index (χ4n) is 5.33. The van der Waals surface area contributed by atoms with E-state index in [1.165, 1.54) is 30.4 Å². The van der Waals surface area contributed by atoms with E-state index < -0.39 is 0 Å². The smallest absolute Gasteiger partial charge is 0.243 e. The molecule has 192 valence electrons. The third-order valence-corrected chi connectivity index (χ3v) is 7.47. The van der Waals surface area contributed by atoms with Crippen molar-refractivity contribution in [2.75, 3.05) is 0 Å². The van der Waals surface area contributed by atoms with E-state index in [1.807, 2.05) is 59.2 Å². The van der Waals surface area contributed by atoms with Crippen LogP contribution >= 0.6 is 0 Å². The molecule has 3 aromatic carbocycles. The minimum atomic E-state index is 0.140. The highest BCUT2D eigenvalue weighted by atomic mass is 16.5. The van der Waals surface area contributed by atoms with Gasteiger partial charge in [0, 0.05) is 12.6 Å². The molecule has 0 saturated heterocycles. The maximum absolute atomic E-state index is 13.9. The molecule has 1 aliphatic rings. The van der Waals surface area contributed by atoms with Gasteiger partial charge in [0.05, 0.1) is 11.0 Å². The Morgan fingerprint density at radius 1 is 0.946 bits per heavy atom. The summed E-state index contributed by atoms with van der Waals surface area (Å²) < 4.78 is 8.19. The van der Waals surface area contributed by atoms with Crippen molar-refractivity contribution in [3.05, 3.63) is 95.8 Å². The van der Waals surface area contributed by atoms with E-state index in [4.69, 9.17) is 9.72 Å². The van der Waals surface area contributed by atoms with E-state index >= 15 is 0 Å². The minimum Gasteiger partial charge on any atom is -0.486 e. The Bertz CT molecular complexity index is 1310. The summed E-state index contributed by atoms with van der Waals surface area (Å²) in [5, 5.41) is 0. The molecule has 4 aromatic rings. The minimum absolute atomic E-state index is 0.140. The molecule has 1 fully saturated rings. The highest BCUT2D eigenvalue weighted by molar-refractivity contribution is 5.81. The summed E-state index contributed by atoms with van der Waals surface area (Å²) in [6.07, 6.45) is 5.78. The number of carbonyl (C=O) groups excluding carboxylic acids is 1. The highest BCUT2D eigenvalue weighted by Crippen LogP contribution is 2.26. The van der Waals surface area contributed by atoms with Crippen LogP contribution in [0.25, 0.3) is 11.0 Å². The molecule has 1 aliphatic carbocycles. The van der Waals surface area contributed by atoms with Crippen molar-refractivity contribution >= 4 is 16.9 Å². The molecule has 5 nitrogen and oxygen atoms in total. The summed E-state index contributed by atoms with van der Waals surface area (Å²) in [5.41, 5.74) is 4.31. The summed E-state index contributed by atoms with van der Waals surface area (Å²) in [7, 11) is 0. The maximum atomic E-state index is 13.9. The van der Waals surface area contributed by atoms with Crippen LogP contribution in [0.5, 0.6) is 5.75 Å². The van der Waals surface area contributed by atoms with Gasteiger partial charge in [0.25, 0.3) is 0 Å². The molecule has 0 N–H and O–H groups in total. The number of rotatable bonds is 9. The van der Waals surface area contributed by atoms with Crippen molar-refractivity contribution in [2.24, 2.45) is 0 Å². The second-order valence-corrected chi connectivity index (χ2v) is 10.4. The molecule has 5 heteroatoms. The van der Waals surface area contributed by atoms with Crippen molar-refractivity contribution in [2.45, 2.75) is 77.6 Å². The Hall–Kier alpha value is -3.60. The Kier molecular flexibility index (Phi) is 7.88. The van der Waals surface area contributed by atoms with Gasteiger partial charge in [-0.3, -0.25) is 4.79 Å². The third-order valence-electron chi connectivity index (χ3n) is 7.47. The second kappa shape index (κ2) is 11.6. The summed E-state index contributed by atoms with van der Waals surface area (Å²) in [5.74, 6) is 2.20. The van der Waals surface area contributed by atoms with Crippen molar-refractivity contribution in [1.29, 1.82) is 0 Å². The lowest BCUT2D eigenvalue weighted by Crippen LogP contribution is -2.42. The van der Waals surface area contributed by atoms with Gasteiger partial charge < -0.3 is 14.2 Å². The van der Waals surface area contributed by atoms with Crippen LogP contribution in [0.15, 0.2) is 78.9 Å². The van der Waals surface area contributed by atoms with Gasteiger partial charge >= 0.3 is 0 Å². The molecular formula is C32H37N3O2. The van der Waals surface area contributed by atoms with Crippen LogP contribution in [0.4, 0.5) is 0 Å². The normalized spacial score (nSPS) is 14.2. The molecule has 5 rings (SSSR count). The Morgan fingerprint density at radius 3 is 2.38 bits per heavy atom. The fourth-order valence-corrected chi connectivity index (χ4v) is 5.33. The Morgan fingerprint density at radius 2 is 1.65 bits per heavy atom. The summed E-state index contributed by atoms with van der Waals surface area (Å²) in [6, 6.07) is 26.9. The number of ether oxygens (including phenoxy) is 1. The molecule has 0 radical (unpaired) electrons. The standard InChI is InChI=1S/C32H37N3O2/c1-24(2)26-17-19-28(20-18-26)37-23-31-33-29-15-9-10-16-30(29)35(31)22-32(36)34(27-13-7-4-8-14-27)21-25-11-5-3-6-12-25/h3,5-6,9-12,15-20,24,27H,4,7-8,13-14,21-23H2,1-2H3. The summed E-state index contributed by atoms with van der Waals surface area (Å²) >= 11 is 0. The summed E-state index contributed by atoms with van der Waals surface area (Å²) in [4.78, 5) is 20.9. The molecular weight excluding hydrogens is 458 g/mol. The van der Waals surface area contributed by atoms with E-state index in [2.05, 4.69) is 43.0 Å². The van der Waals surface area contributed by atoms with Gasteiger partial charge in [0.2, 0.25) is 5.91 Å². The molecule has 0 aliphatic heterocycles. The molecule has 1 aromatic heterocycles. The highest BCUT2D eigenvalue weighted by Gasteiger charge is 2.27. The zero-order valence-electron chi connectivity index (χ0n) is 22.0. The zero-order valence-corrected chi connectivity index (χ0v) is 22.0. The molecule has 0 bridgehead atoms. The molecule has 1 heterocycles. The molecule has 1 amide bonds. The van der Waals surface area contributed by atoms with Crippen LogP contribution in [0.3, 0.4) is 0 Å². The second-order valence-electron chi connectivity index (χ2n) is 10.4. The zero-order chi connectivity index (χ0) is 25.6. The van der Waals surface area contributed by atoms with Gasteiger partial charge in [-0.25, -0.2) is 4.98 Å². The van der Waals surface area contributed by atoms with Gasteiger partial charge in [0.15, 0.2) is 0 Å². The number of nitrogens with zero attached hydrogens (tertiary/aromatic N) is 3. The number of benzene rings is 3. The first-order valence-electron chi connectivity index (χ1n) is 13.6. The first kappa shape index (κ1) is 25.1. The topological polar surface area (TPSA) is 47.4 Å². The van der Waals surface area contributed by atoms with Crippen LogP contribution in [-0.2, 0) is 24.5 Å². The molecule has 37 heavy (non-hydrogen) atoms. The number of hydrogen-bond acceptors (Lipinski definition) is 3. The lowest BCUT2D eigenvalue weighted by Gasteiger charge is -2.35. The predicted molar refractivity (Wildman–Crippen MR) is 148 cm³/mol. The van der Waals surface area contributed by atoms with E-state index in [9.17, 15) is 4.79 Å². The lowest BCUT2D eigenvalue weighted by molar-refractivity contribution is -0.135. The van der Waals surface area contributed by atoms with Gasteiger partial charge in [-0.2, -0.15) is 0 Å². The number of hydrogen-bond donors (Lipinski definition) is 0. The first-order valence-corrected chi connectivity index (χ1v) is 13.6. The van der Waals surface area contributed by atoms with Gasteiger partial charge in [-0.15, -0.1) is 0 Å². The van der Waals surface area contributed by atoms with Crippen LogP contribution in [0, 0.1) is 0 Å². The molecule has 1 saturated carbocycles. The van der Waals surface area contributed by atoms with Crippen molar-refractivity contribution in [3.8, 4) is 5.75 Å². The summed E-state index contributed by atoms with van der Waals surface area (Å²) in [6.45, 7) is 5.58. The average Bonchev–Trinajstić information content (AvgIpc) is 3.29. The van der Waals surface area contributed by atoms with Crippen LogP contribution in [0.1, 0.15) is 68.8 Å². The Labute approximate surface area is 220 Å². The number of carbonyl (C=O) groups is 1. The van der Waals surface area contributed by atoms with Crippen LogP contribution in [0.2, 0.25) is 0 Å². The average molecular weight is 496 g/mol. The number of amides is 1. The van der Waals surface area contributed by atoms with Gasteiger partial charge in [-0.1, -0.05) is 87.7 Å². The maximum Gasteiger partial charge on any atom is 0.243 e. The van der Waals surface area contributed by atoms with Crippen molar-refractivity contribution in [3.63, 3.8) is 0 Å². The molecule has 0 unspecified atom stereocenters. The van der Waals surface area contributed by atoms with E-state index in [-0.39, 0.29) is 18.5 Å². The number of para-hydroxylation sites is 2. The van der Waals surface area contributed by atoms with Crippen molar-refractivity contribution < 1.29 is 9.53 Å². The van der Waals surface area contributed by atoms with E-state index in [1.54, 1.807) is 0 Å². The van der Waals surface area contributed by atoms with Crippen LogP contribution in [-0.4, -0.2) is 26.4 Å². The van der Waals surface area contributed by atoms with E-state index in [0.717, 1.165) is 35.4 Å². The number of fused-ring (bicyclic) bond motifs is 1. The van der Waals surface area contributed by atoms with Gasteiger partial charge in [0.1, 0.15) is 24.7 Å². The molecule has 0 spiro atoms.